The molecule has 0 fully saturated rings. The summed E-state index contributed by atoms with van der Waals surface area (Å²) in [5.74, 6) is 3.84. The molecule has 0 saturated carbocycles. The number of benzene rings is 3. The van der Waals surface area contributed by atoms with Gasteiger partial charge in [-0.2, -0.15) is 0 Å². The molecule has 2 heterocycles. The number of fused-ring (bicyclic) bond motifs is 3. The summed E-state index contributed by atoms with van der Waals surface area (Å²) in [4.78, 5) is 11.3. The third-order valence-electron chi connectivity index (χ3n) is 5.22. The largest absolute Gasteiger partial charge is 0.355 e. The van der Waals surface area contributed by atoms with Gasteiger partial charge in [0.2, 0.25) is 0 Å². The second-order valence-electron chi connectivity index (χ2n) is 7.07. The van der Waals surface area contributed by atoms with Gasteiger partial charge in [-0.1, -0.05) is 67.3 Å². The topological polar surface area (TPSA) is 44.5 Å². The standard InChI is InChI=1S/C25H21N3P2/c1-3-29-24-14-21-20-11-9-18(13-19(20)10-12-22(21)27-24)16-5-7-17(8-6-16)23-15-26-25(28-23)30-4-2/h3-15,27,29-30H,1-2H2,(H,26,28). The number of imidazole rings is 1. The molecule has 0 aliphatic carbocycles. The summed E-state index contributed by atoms with van der Waals surface area (Å²) in [7, 11) is 1.10. The van der Waals surface area contributed by atoms with E-state index >= 15 is 0 Å². The van der Waals surface area contributed by atoms with Crippen molar-refractivity contribution in [3.05, 3.63) is 91.7 Å². The van der Waals surface area contributed by atoms with Crippen LogP contribution in [-0.4, -0.2) is 15.0 Å². The van der Waals surface area contributed by atoms with Crippen LogP contribution in [0.3, 0.4) is 0 Å². The summed E-state index contributed by atoms with van der Waals surface area (Å²) in [5, 5.41) is 3.80. The summed E-state index contributed by atoms with van der Waals surface area (Å²) in [6.45, 7) is 7.63. The predicted molar refractivity (Wildman–Crippen MR) is 135 cm³/mol. The quantitative estimate of drug-likeness (QED) is 0.309. The van der Waals surface area contributed by atoms with Crippen LogP contribution in [0.1, 0.15) is 0 Å². The Hall–Kier alpha value is -2.99. The third-order valence-corrected chi connectivity index (χ3v) is 6.74. The van der Waals surface area contributed by atoms with Crippen molar-refractivity contribution in [3.8, 4) is 22.4 Å². The number of aromatic nitrogens is 3. The van der Waals surface area contributed by atoms with E-state index in [-0.39, 0.29) is 0 Å². The molecular formula is C25H21N3P2. The molecule has 2 atom stereocenters. The molecule has 0 radical (unpaired) electrons. The molecule has 0 amide bonds. The first-order valence-corrected chi connectivity index (χ1v) is 11.9. The van der Waals surface area contributed by atoms with Gasteiger partial charge in [0, 0.05) is 16.3 Å². The van der Waals surface area contributed by atoms with Crippen LogP contribution in [0, 0.1) is 0 Å². The smallest absolute Gasteiger partial charge is 0.130 e. The molecular weight excluding hydrogens is 404 g/mol. The van der Waals surface area contributed by atoms with Gasteiger partial charge in [0.15, 0.2) is 0 Å². The SMILES string of the molecule is C=CPc1cc2c(ccc3cc(-c4ccc(-c5cnc(PC=C)[nH]5)cc4)ccc32)[nH]1. The number of hydrogen-bond acceptors (Lipinski definition) is 1. The highest BCUT2D eigenvalue weighted by molar-refractivity contribution is 7.50. The number of nitrogens with zero attached hydrogens (tertiary/aromatic N) is 1. The van der Waals surface area contributed by atoms with E-state index in [1.807, 2.05) is 17.8 Å². The van der Waals surface area contributed by atoms with Crippen LogP contribution >= 0.6 is 17.2 Å². The molecule has 3 aromatic carbocycles. The van der Waals surface area contributed by atoms with Crippen LogP contribution in [0.5, 0.6) is 0 Å². The predicted octanol–water partition coefficient (Wildman–Crippen LogP) is 6.27. The van der Waals surface area contributed by atoms with E-state index in [2.05, 4.69) is 88.8 Å². The van der Waals surface area contributed by atoms with E-state index in [1.54, 1.807) is 0 Å². The monoisotopic (exact) mass is 425 g/mol. The Labute approximate surface area is 178 Å². The Balaban J connectivity index is 1.48. The molecule has 5 rings (SSSR count). The summed E-state index contributed by atoms with van der Waals surface area (Å²) >= 11 is 0. The van der Waals surface area contributed by atoms with Crippen LogP contribution in [0.25, 0.3) is 44.1 Å². The number of rotatable bonds is 6. The lowest BCUT2D eigenvalue weighted by atomic mass is 9.98. The van der Waals surface area contributed by atoms with Crippen molar-refractivity contribution in [2.75, 3.05) is 0 Å². The Kier molecular flexibility index (Phi) is 5.09. The summed E-state index contributed by atoms with van der Waals surface area (Å²) in [6.07, 6.45) is 1.89. The van der Waals surface area contributed by atoms with Crippen molar-refractivity contribution >= 4 is 49.8 Å². The lowest BCUT2D eigenvalue weighted by Gasteiger charge is -2.06. The normalized spacial score (nSPS) is 12.0. The van der Waals surface area contributed by atoms with E-state index in [1.165, 1.54) is 38.2 Å². The van der Waals surface area contributed by atoms with Crippen molar-refractivity contribution in [2.45, 2.75) is 0 Å². The molecule has 2 unspecified atom stereocenters. The minimum Gasteiger partial charge on any atom is -0.355 e. The van der Waals surface area contributed by atoms with E-state index in [9.17, 15) is 0 Å². The first kappa shape index (κ1) is 19.0. The van der Waals surface area contributed by atoms with Crippen LogP contribution in [-0.2, 0) is 0 Å². The molecule has 0 aliphatic heterocycles. The molecule has 2 aromatic heterocycles. The van der Waals surface area contributed by atoms with Crippen LogP contribution < -0.4 is 11.0 Å². The van der Waals surface area contributed by atoms with Crippen molar-refractivity contribution in [2.24, 2.45) is 0 Å². The second-order valence-corrected chi connectivity index (χ2v) is 9.47. The lowest BCUT2D eigenvalue weighted by molar-refractivity contribution is 1.41. The van der Waals surface area contributed by atoms with Crippen LogP contribution in [0.15, 0.2) is 91.7 Å². The van der Waals surface area contributed by atoms with Gasteiger partial charge in [0.1, 0.15) is 5.57 Å². The zero-order chi connectivity index (χ0) is 20.5. The number of hydrogen-bond donors (Lipinski definition) is 2. The van der Waals surface area contributed by atoms with Crippen molar-refractivity contribution in [1.82, 2.24) is 15.0 Å². The Morgan fingerprint density at radius 2 is 1.50 bits per heavy atom. The fraction of sp³-hybridized carbons (Fsp3) is 0. The second kappa shape index (κ2) is 8.03. The molecule has 0 aliphatic rings. The molecule has 0 bridgehead atoms. The van der Waals surface area contributed by atoms with E-state index in [0.717, 1.165) is 16.8 Å². The molecule has 0 spiro atoms. The van der Waals surface area contributed by atoms with E-state index < -0.39 is 0 Å². The maximum atomic E-state index is 4.41. The summed E-state index contributed by atoms with van der Waals surface area (Å²) in [6, 6.07) is 21.9. The molecule has 146 valence electrons. The van der Waals surface area contributed by atoms with E-state index in [0.29, 0.717) is 17.2 Å². The minimum atomic E-state index is 0.503. The third kappa shape index (κ3) is 3.52. The summed E-state index contributed by atoms with van der Waals surface area (Å²) < 4.78 is 0. The lowest BCUT2D eigenvalue weighted by Crippen LogP contribution is -1.96. The fourth-order valence-electron chi connectivity index (χ4n) is 3.79. The zero-order valence-electron chi connectivity index (χ0n) is 16.4. The van der Waals surface area contributed by atoms with Gasteiger partial charge in [-0.05, 0) is 62.8 Å². The van der Waals surface area contributed by atoms with Gasteiger partial charge in [0.25, 0.3) is 0 Å². The van der Waals surface area contributed by atoms with Gasteiger partial charge < -0.3 is 9.97 Å². The van der Waals surface area contributed by atoms with Crippen LogP contribution in [0.4, 0.5) is 0 Å². The van der Waals surface area contributed by atoms with E-state index in [4.69, 9.17) is 0 Å². The van der Waals surface area contributed by atoms with Crippen molar-refractivity contribution in [3.63, 3.8) is 0 Å². The van der Waals surface area contributed by atoms with Crippen molar-refractivity contribution < 1.29 is 0 Å². The summed E-state index contributed by atoms with van der Waals surface area (Å²) in [5.41, 5.74) is 7.97. The molecule has 5 aromatic rings. The Morgan fingerprint density at radius 1 is 0.733 bits per heavy atom. The number of nitrogens with one attached hydrogen (secondary N) is 2. The van der Waals surface area contributed by atoms with Gasteiger partial charge in [0.05, 0.1) is 11.9 Å². The molecule has 0 saturated heterocycles. The van der Waals surface area contributed by atoms with Gasteiger partial charge in [-0.3, -0.25) is 0 Å². The van der Waals surface area contributed by atoms with Gasteiger partial charge in [-0.15, -0.1) is 0 Å². The average Bonchev–Trinajstić information content (AvgIpc) is 3.41. The average molecular weight is 425 g/mol. The number of aromatic amines is 2. The highest BCUT2D eigenvalue weighted by Gasteiger charge is 2.07. The van der Waals surface area contributed by atoms with Gasteiger partial charge >= 0.3 is 0 Å². The Bertz CT molecular complexity index is 1380. The molecule has 30 heavy (non-hydrogen) atoms. The number of H-pyrrole nitrogens is 2. The first-order chi connectivity index (χ1) is 14.7. The maximum Gasteiger partial charge on any atom is 0.130 e. The molecule has 5 heteroatoms. The zero-order valence-corrected chi connectivity index (χ0v) is 18.4. The molecule has 3 nitrogen and oxygen atoms in total. The van der Waals surface area contributed by atoms with Crippen LogP contribution in [0.2, 0.25) is 0 Å². The van der Waals surface area contributed by atoms with Gasteiger partial charge in [-0.25, -0.2) is 4.98 Å². The highest BCUT2D eigenvalue weighted by Crippen LogP contribution is 2.31. The Morgan fingerprint density at radius 3 is 2.30 bits per heavy atom. The maximum absolute atomic E-state index is 4.41. The highest BCUT2D eigenvalue weighted by atomic mass is 31.1. The van der Waals surface area contributed by atoms with Crippen molar-refractivity contribution in [1.29, 1.82) is 0 Å². The fourth-order valence-corrected chi connectivity index (χ4v) is 4.99. The minimum absolute atomic E-state index is 0.503. The first-order valence-electron chi connectivity index (χ1n) is 9.71. The molecule has 2 N–H and O–H groups in total.